The molecular formula is C15H22N2O3S. The second-order valence-corrected chi connectivity index (χ2v) is 7.66. The molecule has 0 unspecified atom stereocenters. The molecule has 0 aromatic heterocycles. The van der Waals surface area contributed by atoms with Crippen molar-refractivity contribution < 1.29 is 13.5 Å². The van der Waals surface area contributed by atoms with Crippen molar-refractivity contribution in [2.24, 2.45) is 0 Å². The van der Waals surface area contributed by atoms with Crippen LogP contribution in [-0.2, 0) is 23.2 Å². The molecular weight excluding hydrogens is 288 g/mol. The van der Waals surface area contributed by atoms with E-state index in [1.165, 1.54) is 9.87 Å². The van der Waals surface area contributed by atoms with Crippen LogP contribution in [0.25, 0.3) is 0 Å². The van der Waals surface area contributed by atoms with E-state index < -0.39 is 10.2 Å². The highest BCUT2D eigenvalue weighted by molar-refractivity contribution is 7.86. The number of nitrogens with zero attached hydrogens (tertiary/aromatic N) is 2. The van der Waals surface area contributed by atoms with E-state index in [9.17, 15) is 13.5 Å². The largest absolute Gasteiger partial charge is 0.395 e. The van der Waals surface area contributed by atoms with Gasteiger partial charge in [0.1, 0.15) is 0 Å². The maximum Gasteiger partial charge on any atom is 0.282 e. The number of hydrogen-bond donors (Lipinski definition) is 1. The number of aliphatic hydroxyl groups excluding tert-OH is 1. The van der Waals surface area contributed by atoms with E-state index in [1.54, 1.807) is 4.31 Å². The number of hydrogen-bond acceptors (Lipinski definition) is 3. The molecule has 0 bridgehead atoms. The molecule has 0 radical (unpaired) electrons. The van der Waals surface area contributed by atoms with Crippen LogP contribution in [0.4, 0.5) is 0 Å². The minimum Gasteiger partial charge on any atom is -0.395 e. The quantitative estimate of drug-likeness (QED) is 0.887. The third-order valence-electron chi connectivity index (χ3n) is 4.52. The van der Waals surface area contributed by atoms with Crippen LogP contribution < -0.4 is 0 Å². The molecule has 6 heteroatoms. The van der Waals surface area contributed by atoms with Gasteiger partial charge < -0.3 is 5.11 Å². The van der Waals surface area contributed by atoms with E-state index in [2.05, 4.69) is 6.07 Å². The van der Waals surface area contributed by atoms with Gasteiger partial charge in [-0.3, -0.25) is 0 Å². The molecule has 1 saturated carbocycles. The number of fused-ring (bicyclic) bond motifs is 1. The highest BCUT2D eigenvalue weighted by Crippen LogP contribution is 2.30. The highest BCUT2D eigenvalue weighted by atomic mass is 32.2. The van der Waals surface area contributed by atoms with Gasteiger partial charge in [0.05, 0.1) is 6.61 Å². The smallest absolute Gasteiger partial charge is 0.282 e. The van der Waals surface area contributed by atoms with Gasteiger partial charge in [-0.15, -0.1) is 0 Å². The monoisotopic (exact) mass is 310 g/mol. The predicted octanol–water partition coefficient (Wildman–Crippen LogP) is 1.14. The third-order valence-corrected chi connectivity index (χ3v) is 6.56. The standard InChI is InChI=1S/C15H22N2O3S/c18-11-10-17(15-6-3-7-15)21(19,20)16-9-8-13-4-1-2-5-14(13)12-16/h1-2,4-5,15,18H,3,6-12H2. The molecule has 0 saturated heterocycles. The lowest BCUT2D eigenvalue weighted by Crippen LogP contribution is -2.52. The Morgan fingerprint density at radius 1 is 1.24 bits per heavy atom. The molecule has 0 atom stereocenters. The summed E-state index contributed by atoms with van der Waals surface area (Å²) in [5, 5.41) is 9.20. The van der Waals surface area contributed by atoms with Crippen LogP contribution in [0.2, 0.25) is 0 Å². The van der Waals surface area contributed by atoms with E-state index in [0.717, 1.165) is 31.2 Å². The molecule has 116 valence electrons. The lowest BCUT2D eigenvalue weighted by atomic mass is 9.93. The van der Waals surface area contributed by atoms with Gasteiger partial charge in [-0.1, -0.05) is 30.7 Å². The molecule has 1 heterocycles. The first kappa shape index (κ1) is 15.0. The first-order valence-electron chi connectivity index (χ1n) is 7.57. The van der Waals surface area contributed by atoms with Crippen LogP contribution in [0, 0.1) is 0 Å². The van der Waals surface area contributed by atoms with Crippen molar-refractivity contribution in [1.29, 1.82) is 0 Å². The Kier molecular flexibility index (Phi) is 4.31. The molecule has 0 spiro atoms. The van der Waals surface area contributed by atoms with E-state index >= 15 is 0 Å². The fourth-order valence-electron chi connectivity index (χ4n) is 3.07. The Bertz CT molecular complexity index is 599. The second-order valence-electron chi connectivity index (χ2n) is 5.78. The molecule has 1 N–H and O–H groups in total. The minimum absolute atomic E-state index is 0.0688. The molecule has 21 heavy (non-hydrogen) atoms. The first-order valence-corrected chi connectivity index (χ1v) is 8.97. The van der Waals surface area contributed by atoms with E-state index in [4.69, 9.17) is 0 Å². The van der Waals surface area contributed by atoms with Gasteiger partial charge in [-0.25, -0.2) is 0 Å². The van der Waals surface area contributed by atoms with Gasteiger partial charge in [0.15, 0.2) is 0 Å². The van der Waals surface area contributed by atoms with Crippen molar-refractivity contribution in [3.8, 4) is 0 Å². The topological polar surface area (TPSA) is 60.9 Å². The van der Waals surface area contributed by atoms with Crippen molar-refractivity contribution in [1.82, 2.24) is 8.61 Å². The van der Waals surface area contributed by atoms with Crippen LogP contribution in [-0.4, -0.2) is 47.9 Å². The zero-order valence-corrected chi connectivity index (χ0v) is 12.9. The van der Waals surface area contributed by atoms with Gasteiger partial charge in [0, 0.05) is 25.7 Å². The van der Waals surface area contributed by atoms with Crippen molar-refractivity contribution in [3.05, 3.63) is 35.4 Å². The van der Waals surface area contributed by atoms with Gasteiger partial charge in [-0.2, -0.15) is 17.0 Å². The summed E-state index contributed by atoms with van der Waals surface area (Å²) in [6, 6.07) is 8.08. The Morgan fingerprint density at radius 2 is 1.95 bits per heavy atom. The summed E-state index contributed by atoms with van der Waals surface area (Å²) < 4.78 is 28.8. The normalized spacial score (nSPS) is 20.3. The lowest BCUT2D eigenvalue weighted by Gasteiger charge is -2.40. The number of benzene rings is 1. The Hall–Kier alpha value is -0.950. The molecule has 1 aliphatic carbocycles. The van der Waals surface area contributed by atoms with Crippen molar-refractivity contribution >= 4 is 10.2 Å². The fraction of sp³-hybridized carbons (Fsp3) is 0.600. The van der Waals surface area contributed by atoms with Gasteiger partial charge in [0.2, 0.25) is 0 Å². The number of aliphatic hydroxyl groups is 1. The van der Waals surface area contributed by atoms with Gasteiger partial charge in [-0.05, 0) is 30.4 Å². The molecule has 1 aliphatic heterocycles. The highest BCUT2D eigenvalue weighted by Gasteiger charge is 2.38. The Morgan fingerprint density at radius 3 is 2.57 bits per heavy atom. The zero-order chi connectivity index (χ0) is 14.9. The van der Waals surface area contributed by atoms with E-state index in [-0.39, 0.29) is 19.2 Å². The first-order chi connectivity index (χ1) is 10.1. The molecule has 2 aliphatic rings. The SMILES string of the molecule is O=S(=O)(N1CCc2ccccc2C1)N(CCO)C1CCC1. The van der Waals surface area contributed by atoms with Crippen molar-refractivity contribution in [3.63, 3.8) is 0 Å². The lowest BCUT2D eigenvalue weighted by molar-refractivity contribution is 0.166. The van der Waals surface area contributed by atoms with Gasteiger partial charge >= 0.3 is 0 Å². The Labute approximate surface area is 126 Å². The fourth-order valence-corrected chi connectivity index (χ4v) is 4.90. The molecule has 0 amide bonds. The zero-order valence-electron chi connectivity index (χ0n) is 12.1. The summed E-state index contributed by atoms with van der Waals surface area (Å²) in [4.78, 5) is 0. The maximum absolute atomic E-state index is 12.9. The molecule has 1 aromatic rings. The van der Waals surface area contributed by atoms with Crippen LogP contribution >= 0.6 is 0 Å². The number of rotatable bonds is 5. The average Bonchev–Trinajstić information content (AvgIpc) is 2.44. The van der Waals surface area contributed by atoms with Crippen LogP contribution in [0.3, 0.4) is 0 Å². The third kappa shape index (κ3) is 2.85. The predicted molar refractivity (Wildman–Crippen MR) is 80.9 cm³/mol. The van der Waals surface area contributed by atoms with E-state index in [0.29, 0.717) is 13.1 Å². The Balaban J connectivity index is 1.81. The van der Waals surface area contributed by atoms with Crippen LogP contribution in [0.5, 0.6) is 0 Å². The van der Waals surface area contributed by atoms with Crippen molar-refractivity contribution in [2.75, 3.05) is 19.7 Å². The summed E-state index contributed by atoms with van der Waals surface area (Å²) in [5.41, 5.74) is 2.33. The molecule has 3 rings (SSSR count). The average molecular weight is 310 g/mol. The summed E-state index contributed by atoms with van der Waals surface area (Å²) in [7, 11) is -3.48. The molecule has 1 fully saturated rings. The summed E-state index contributed by atoms with van der Waals surface area (Å²) >= 11 is 0. The summed E-state index contributed by atoms with van der Waals surface area (Å²) in [5.74, 6) is 0. The minimum atomic E-state index is -3.48. The van der Waals surface area contributed by atoms with Crippen molar-refractivity contribution in [2.45, 2.75) is 38.3 Å². The maximum atomic E-state index is 12.9. The molecule has 1 aromatic carbocycles. The summed E-state index contributed by atoms with van der Waals surface area (Å²) in [6.07, 6.45) is 3.64. The van der Waals surface area contributed by atoms with E-state index in [1.807, 2.05) is 18.2 Å². The van der Waals surface area contributed by atoms with Crippen LogP contribution in [0.1, 0.15) is 30.4 Å². The van der Waals surface area contributed by atoms with Gasteiger partial charge in [0.25, 0.3) is 10.2 Å². The molecule has 5 nitrogen and oxygen atoms in total. The summed E-state index contributed by atoms with van der Waals surface area (Å²) in [6.45, 7) is 1.03. The second kappa shape index (κ2) is 6.04. The van der Waals surface area contributed by atoms with Crippen LogP contribution in [0.15, 0.2) is 24.3 Å².